The minimum atomic E-state index is -4.69. The van der Waals surface area contributed by atoms with Gasteiger partial charge in [-0.2, -0.15) is 13.2 Å². The van der Waals surface area contributed by atoms with Gasteiger partial charge in [0.1, 0.15) is 12.0 Å². The van der Waals surface area contributed by atoms with Gasteiger partial charge in [0.2, 0.25) is 0 Å². The summed E-state index contributed by atoms with van der Waals surface area (Å²) in [5.74, 6) is -1.35. The number of hydrogen-bond donors (Lipinski definition) is 0. The number of pyridine rings is 1. The van der Waals surface area contributed by atoms with Crippen LogP contribution in [0.15, 0.2) is 36.7 Å². The van der Waals surface area contributed by atoms with Crippen molar-refractivity contribution in [2.75, 3.05) is 13.1 Å². The number of benzene rings is 1. The Bertz CT molecular complexity index is 1060. The minimum absolute atomic E-state index is 0.0206. The number of carbonyl (C=O) groups excluding carboxylic acids is 1. The Labute approximate surface area is 160 Å². The lowest BCUT2D eigenvalue weighted by atomic mass is 10.0. The molecule has 0 saturated carbocycles. The quantitative estimate of drug-likeness (QED) is 0.535. The molecule has 1 aromatic carbocycles. The van der Waals surface area contributed by atoms with Gasteiger partial charge < -0.3 is 4.90 Å². The molecular weight excluding hydrogens is 399 g/mol. The highest BCUT2D eigenvalue weighted by molar-refractivity contribution is 7.20. The number of likely N-dealkylation sites (tertiary alicyclic amines) is 1. The molecule has 1 unspecified atom stereocenters. The zero-order valence-electron chi connectivity index (χ0n) is 14.3. The Morgan fingerprint density at radius 1 is 1.18 bits per heavy atom. The summed E-state index contributed by atoms with van der Waals surface area (Å²) in [4.78, 5) is 18.4. The first-order valence-electron chi connectivity index (χ1n) is 8.41. The maximum atomic E-state index is 13.8. The van der Waals surface area contributed by atoms with E-state index in [1.807, 2.05) is 0 Å². The van der Waals surface area contributed by atoms with E-state index < -0.39 is 23.7 Å². The molecule has 3 aromatic rings. The molecule has 3 nitrogen and oxygen atoms in total. The molecule has 9 heteroatoms. The number of hydrogen-bond acceptors (Lipinski definition) is 3. The number of aromatic nitrogens is 1. The summed E-state index contributed by atoms with van der Waals surface area (Å²) in [5.41, 5.74) is -0.785. The first kappa shape index (κ1) is 18.8. The Balaban J connectivity index is 1.78. The van der Waals surface area contributed by atoms with Crippen molar-refractivity contribution < 1.29 is 26.7 Å². The second-order valence-corrected chi connectivity index (χ2v) is 7.66. The second kappa shape index (κ2) is 6.80. The standard InChI is InChI=1S/C19H13F5N2OS/c20-12-1-2-26(9-12)18(27)16-6-14-15(7-25-8-17(14)28-16)10-3-11(19(22,23)24)5-13(21)4-10/h3-8,12H,1-2,9H2. The molecule has 1 aliphatic heterocycles. The van der Waals surface area contributed by atoms with E-state index in [0.717, 1.165) is 23.5 Å². The number of carbonyl (C=O) groups is 1. The predicted octanol–water partition coefficient (Wildman–Crippen LogP) is 5.31. The van der Waals surface area contributed by atoms with E-state index in [4.69, 9.17) is 0 Å². The van der Waals surface area contributed by atoms with Crippen LogP contribution < -0.4 is 0 Å². The van der Waals surface area contributed by atoms with Crippen molar-refractivity contribution in [1.82, 2.24) is 9.88 Å². The van der Waals surface area contributed by atoms with Crippen LogP contribution in [0.3, 0.4) is 0 Å². The van der Waals surface area contributed by atoms with Crippen LogP contribution >= 0.6 is 11.3 Å². The van der Waals surface area contributed by atoms with Crippen LogP contribution in [0, 0.1) is 5.82 Å². The normalized spacial score (nSPS) is 17.5. The SMILES string of the molecule is O=C(c1cc2c(-c3cc(F)cc(C(F)(F)F)c3)cncc2s1)N1CCC(F)C1. The van der Waals surface area contributed by atoms with Crippen LogP contribution in [0.25, 0.3) is 21.2 Å². The second-order valence-electron chi connectivity index (χ2n) is 6.57. The Kier molecular flexibility index (Phi) is 4.57. The zero-order valence-corrected chi connectivity index (χ0v) is 15.1. The van der Waals surface area contributed by atoms with Crippen LogP contribution in [0.1, 0.15) is 21.7 Å². The Hall–Kier alpha value is -2.55. The maximum Gasteiger partial charge on any atom is 0.416 e. The number of fused-ring (bicyclic) bond motifs is 1. The van der Waals surface area contributed by atoms with Crippen LogP contribution in [0.5, 0.6) is 0 Å². The highest BCUT2D eigenvalue weighted by atomic mass is 32.1. The van der Waals surface area contributed by atoms with Crippen LogP contribution in [-0.4, -0.2) is 35.1 Å². The molecule has 3 heterocycles. The van der Waals surface area contributed by atoms with Gasteiger partial charge in [0.05, 0.1) is 21.7 Å². The predicted molar refractivity (Wildman–Crippen MR) is 95.4 cm³/mol. The third kappa shape index (κ3) is 3.46. The fourth-order valence-corrected chi connectivity index (χ4v) is 4.29. The van der Waals surface area contributed by atoms with Gasteiger partial charge in [0.15, 0.2) is 0 Å². The fraction of sp³-hybridized carbons (Fsp3) is 0.263. The highest BCUT2D eigenvalue weighted by Gasteiger charge is 2.32. The molecule has 4 rings (SSSR count). The summed E-state index contributed by atoms with van der Waals surface area (Å²) < 4.78 is 66.9. The first-order valence-corrected chi connectivity index (χ1v) is 9.23. The van der Waals surface area contributed by atoms with Gasteiger partial charge in [-0.15, -0.1) is 11.3 Å². The van der Waals surface area contributed by atoms with Crippen molar-refractivity contribution >= 4 is 27.3 Å². The molecule has 0 radical (unpaired) electrons. The molecule has 2 aromatic heterocycles. The summed E-state index contributed by atoms with van der Waals surface area (Å²) in [6, 6.07) is 3.83. The molecule has 1 atom stereocenters. The average Bonchev–Trinajstić information content (AvgIpc) is 3.25. The zero-order chi connectivity index (χ0) is 20.1. The van der Waals surface area contributed by atoms with Crippen LogP contribution in [-0.2, 0) is 6.18 Å². The van der Waals surface area contributed by atoms with Gasteiger partial charge in [-0.1, -0.05) is 0 Å². The molecule has 1 saturated heterocycles. The van der Waals surface area contributed by atoms with Gasteiger partial charge in [-0.3, -0.25) is 9.78 Å². The van der Waals surface area contributed by atoms with E-state index in [0.29, 0.717) is 33.1 Å². The van der Waals surface area contributed by atoms with Crippen molar-refractivity contribution in [3.05, 3.63) is 52.9 Å². The number of alkyl halides is 4. The van der Waals surface area contributed by atoms with E-state index >= 15 is 0 Å². The maximum absolute atomic E-state index is 13.8. The lowest BCUT2D eigenvalue weighted by molar-refractivity contribution is -0.137. The lowest BCUT2D eigenvalue weighted by Crippen LogP contribution is -2.28. The minimum Gasteiger partial charge on any atom is -0.335 e. The monoisotopic (exact) mass is 412 g/mol. The molecule has 28 heavy (non-hydrogen) atoms. The van der Waals surface area contributed by atoms with Crippen LogP contribution in [0.4, 0.5) is 22.0 Å². The van der Waals surface area contributed by atoms with Crippen molar-refractivity contribution in [2.45, 2.75) is 18.8 Å². The third-order valence-electron chi connectivity index (χ3n) is 4.61. The number of amides is 1. The molecule has 0 bridgehead atoms. The smallest absolute Gasteiger partial charge is 0.335 e. The number of thiophene rings is 1. The van der Waals surface area contributed by atoms with Gasteiger partial charge in [-0.05, 0) is 36.2 Å². The Morgan fingerprint density at radius 3 is 2.64 bits per heavy atom. The average molecular weight is 412 g/mol. The largest absolute Gasteiger partial charge is 0.416 e. The van der Waals surface area contributed by atoms with Crippen LogP contribution in [0.2, 0.25) is 0 Å². The van der Waals surface area contributed by atoms with Gasteiger partial charge in [0.25, 0.3) is 5.91 Å². The number of nitrogens with zero attached hydrogens (tertiary/aromatic N) is 2. The fourth-order valence-electron chi connectivity index (χ4n) is 3.26. The van der Waals surface area contributed by atoms with Gasteiger partial charge in [-0.25, -0.2) is 8.78 Å². The topological polar surface area (TPSA) is 33.2 Å². The van der Waals surface area contributed by atoms with Crippen molar-refractivity contribution in [3.8, 4) is 11.1 Å². The van der Waals surface area contributed by atoms with Crippen molar-refractivity contribution in [3.63, 3.8) is 0 Å². The van der Waals surface area contributed by atoms with E-state index in [1.54, 1.807) is 6.07 Å². The Morgan fingerprint density at radius 2 is 1.96 bits per heavy atom. The van der Waals surface area contributed by atoms with Crippen molar-refractivity contribution in [2.24, 2.45) is 0 Å². The molecule has 1 fully saturated rings. The molecule has 1 amide bonds. The summed E-state index contributed by atoms with van der Waals surface area (Å²) in [7, 11) is 0. The first-order chi connectivity index (χ1) is 13.2. The number of rotatable bonds is 2. The van der Waals surface area contributed by atoms with Gasteiger partial charge in [0, 0.05) is 29.9 Å². The molecule has 1 aliphatic rings. The summed E-state index contributed by atoms with van der Waals surface area (Å²) in [6.07, 6.45) is -2.62. The summed E-state index contributed by atoms with van der Waals surface area (Å²) >= 11 is 1.12. The van der Waals surface area contributed by atoms with Crippen molar-refractivity contribution in [1.29, 1.82) is 0 Å². The molecule has 146 valence electrons. The molecule has 0 N–H and O–H groups in total. The molecular formula is C19H13F5N2OS. The van der Waals surface area contributed by atoms with E-state index in [9.17, 15) is 26.7 Å². The van der Waals surface area contributed by atoms with E-state index in [2.05, 4.69) is 4.98 Å². The highest BCUT2D eigenvalue weighted by Crippen LogP contribution is 2.37. The molecule has 0 spiro atoms. The van der Waals surface area contributed by atoms with Gasteiger partial charge >= 0.3 is 6.18 Å². The lowest BCUT2D eigenvalue weighted by Gasteiger charge is -2.13. The summed E-state index contributed by atoms with van der Waals surface area (Å²) in [6.45, 7) is 0.342. The van der Waals surface area contributed by atoms with E-state index in [1.165, 1.54) is 17.3 Å². The third-order valence-corrected chi connectivity index (χ3v) is 5.67. The van der Waals surface area contributed by atoms with E-state index in [-0.39, 0.29) is 24.4 Å². The number of halogens is 5. The summed E-state index contributed by atoms with van der Waals surface area (Å²) in [5, 5.41) is 0.498. The molecule has 0 aliphatic carbocycles.